The number of rotatable bonds is 5. The summed E-state index contributed by atoms with van der Waals surface area (Å²) >= 11 is 0. The van der Waals surface area contributed by atoms with Gasteiger partial charge in [-0.3, -0.25) is 14.8 Å². The van der Waals surface area contributed by atoms with E-state index >= 15 is 0 Å². The summed E-state index contributed by atoms with van der Waals surface area (Å²) < 4.78 is 2.02. The summed E-state index contributed by atoms with van der Waals surface area (Å²) in [5.74, 6) is 1.52. The first-order valence-electron chi connectivity index (χ1n) is 10.1. The second-order valence-corrected chi connectivity index (χ2v) is 7.74. The van der Waals surface area contributed by atoms with Gasteiger partial charge in [-0.25, -0.2) is 9.97 Å². The summed E-state index contributed by atoms with van der Waals surface area (Å²) in [7, 11) is 1.99. The zero-order chi connectivity index (χ0) is 20.2. The Morgan fingerprint density at radius 1 is 1.21 bits per heavy atom. The molecule has 0 bridgehead atoms. The second-order valence-electron chi connectivity index (χ2n) is 7.74. The number of hydrogen-bond acceptors (Lipinski definition) is 5. The smallest absolute Gasteiger partial charge is 0.227 e. The number of pyridine rings is 1. The van der Waals surface area contributed by atoms with Crippen LogP contribution >= 0.6 is 0 Å². The molecule has 0 aromatic carbocycles. The lowest BCUT2D eigenvalue weighted by Crippen LogP contribution is -2.41. The molecule has 3 aromatic rings. The predicted octanol–water partition coefficient (Wildman–Crippen LogP) is 2.60. The highest BCUT2D eigenvalue weighted by Crippen LogP contribution is 2.22. The number of carbonyl (C=O) groups excluding carboxylic acids is 1. The molecule has 0 radical (unpaired) electrons. The maximum absolute atomic E-state index is 12.7. The fraction of sp³-hybridized carbons (Fsp3) is 0.409. The van der Waals surface area contributed by atoms with Crippen molar-refractivity contribution in [1.29, 1.82) is 0 Å². The topological polar surface area (TPSA) is 76.8 Å². The van der Waals surface area contributed by atoms with Gasteiger partial charge < -0.3 is 9.47 Å². The fourth-order valence-corrected chi connectivity index (χ4v) is 3.91. The number of imidazole rings is 1. The van der Waals surface area contributed by atoms with Crippen molar-refractivity contribution in [2.75, 3.05) is 13.1 Å². The molecular formula is C22H26N6O. The van der Waals surface area contributed by atoms with Crippen LogP contribution in [-0.4, -0.2) is 48.4 Å². The molecule has 4 heterocycles. The third-order valence-electron chi connectivity index (χ3n) is 5.61. The van der Waals surface area contributed by atoms with Crippen molar-refractivity contribution in [2.45, 2.75) is 32.6 Å². The number of carbonyl (C=O) groups is 1. The SMILES string of the molecule is Cc1ncc(-c2cncc(C[C@@H]3CCCN(C(=O)Cc4cccnc4)C3)n2)n1C. The van der Waals surface area contributed by atoms with Crippen LogP contribution in [0.3, 0.4) is 0 Å². The van der Waals surface area contributed by atoms with Crippen molar-refractivity contribution >= 4 is 5.91 Å². The van der Waals surface area contributed by atoms with Gasteiger partial charge in [0.1, 0.15) is 11.5 Å². The summed E-state index contributed by atoms with van der Waals surface area (Å²) in [6.45, 7) is 3.57. The van der Waals surface area contributed by atoms with Gasteiger partial charge >= 0.3 is 0 Å². The van der Waals surface area contributed by atoms with Crippen LogP contribution in [0, 0.1) is 12.8 Å². The molecule has 0 aliphatic carbocycles. The van der Waals surface area contributed by atoms with Crippen LogP contribution in [0.4, 0.5) is 0 Å². The molecule has 0 unspecified atom stereocenters. The van der Waals surface area contributed by atoms with E-state index in [-0.39, 0.29) is 5.91 Å². The molecule has 7 nitrogen and oxygen atoms in total. The molecule has 1 aliphatic rings. The van der Waals surface area contributed by atoms with E-state index < -0.39 is 0 Å². The van der Waals surface area contributed by atoms with Crippen molar-refractivity contribution in [3.05, 3.63) is 60.2 Å². The van der Waals surface area contributed by atoms with E-state index in [2.05, 4.69) is 15.0 Å². The predicted molar refractivity (Wildman–Crippen MR) is 110 cm³/mol. The average molecular weight is 390 g/mol. The Kier molecular flexibility index (Phi) is 5.64. The summed E-state index contributed by atoms with van der Waals surface area (Å²) in [6.07, 6.45) is 12.3. The van der Waals surface area contributed by atoms with E-state index in [1.165, 1.54) is 0 Å². The fourth-order valence-electron chi connectivity index (χ4n) is 3.91. The molecule has 4 rings (SSSR count). The van der Waals surface area contributed by atoms with E-state index in [4.69, 9.17) is 4.98 Å². The Labute approximate surface area is 170 Å². The number of nitrogens with zero attached hydrogens (tertiary/aromatic N) is 6. The summed E-state index contributed by atoms with van der Waals surface area (Å²) in [6, 6.07) is 3.82. The minimum atomic E-state index is 0.174. The Balaban J connectivity index is 1.41. The van der Waals surface area contributed by atoms with Gasteiger partial charge in [0.05, 0.1) is 30.2 Å². The maximum Gasteiger partial charge on any atom is 0.227 e. The van der Waals surface area contributed by atoms with Crippen molar-refractivity contribution < 1.29 is 4.79 Å². The minimum Gasteiger partial charge on any atom is -0.342 e. The van der Waals surface area contributed by atoms with Crippen molar-refractivity contribution in [1.82, 2.24) is 29.4 Å². The van der Waals surface area contributed by atoms with Crippen LogP contribution in [-0.2, 0) is 24.7 Å². The van der Waals surface area contributed by atoms with E-state index in [0.29, 0.717) is 12.3 Å². The van der Waals surface area contributed by atoms with E-state index in [1.54, 1.807) is 18.6 Å². The van der Waals surface area contributed by atoms with E-state index in [1.807, 2.05) is 48.0 Å². The van der Waals surface area contributed by atoms with Gasteiger partial charge in [0.15, 0.2) is 0 Å². The molecule has 1 atom stereocenters. The molecule has 0 saturated carbocycles. The zero-order valence-electron chi connectivity index (χ0n) is 17.0. The van der Waals surface area contributed by atoms with Crippen molar-refractivity contribution in [3.63, 3.8) is 0 Å². The monoisotopic (exact) mass is 390 g/mol. The molecule has 7 heteroatoms. The van der Waals surface area contributed by atoms with Gasteiger partial charge in [0.25, 0.3) is 0 Å². The lowest BCUT2D eigenvalue weighted by atomic mass is 9.93. The quantitative estimate of drug-likeness (QED) is 0.669. The highest BCUT2D eigenvalue weighted by Gasteiger charge is 2.24. The highest BCUT2D eigenvalue weighted by molar-refractivity contribution is 5.78. The molecule has 0 N–H and O–H groups in total. The van der Waals surface area contributed by atoms with Crippen molar-refractivity contribution in [2.24, 2.45) is 13.0 Å². The molecule has 29 heavy (non-hydrogen) atoms. The third-order valence-corrected chi connectivity index (χ3v) is 5.61. The number of hydrogen-bond donors (Lipinski definition) is 0. The Morgan fingerprint density at radius 3 is 2.86 bits per heavy atom. The van der Waals surface area contributed by atoms with Gasteiger partial charge in [-0.2, -0.15) is 0 Å². The maximum atomic E-state index is 12.7. The second kappa shape index (κ2) is 8.51. The zero-order valence-corrected chi connectivity index (χ0v) is 17.0. The average Bonchev–Trinajstić information content (AvgIpc) is 3.08. The lowest BCUT2D eigenvalue weighted by Gasteiger charge is -2.32. The number of aryl methyl sites for hydroxylation is 1. The first kappa shape index (κ1) is 19.2. The van der Waals surface area contributed by atoms with Crippen LogP contribution in [0.2, 0.25) is 0 Å². The molecule has 150 valence electrons. The van der Waals surface area contributed by atoms with Gasteiger partial charge in [-0.15, -0.1) is 0 Å². The van der Waals surface area contributed by atoms with E-state index in [0.717, 1.165) is 60.8 Å². The van der Waals surface area contributed by atoms with Crippen LogP contribution in [0.1, 0.15) is 29.9 Å². The van der Waals surface area contributed by atoms with Crippen LogP contribution in [0.5, 0.6) is 0 Å². The normalized spacial score (nSPS) is 16.8. The lowest BCUT2D eigenvalue weighted by molar-refractivity contribution is -0.132. The molecule has 1 saturated heterocycles. The van der Waals surface area contributed by atoms with Crippen LogP contribution in [0.15, 0.2) is 43.1 Å². The first-order valence-corrected chi connectivity index (χ1v) is 10.1. The van der Waals surface area contributed by atoms with E-state index in [9.17, 15) is 4.79 Å². The van der Waals surface area contributed by atoms with Crippen LogP contribution < -0.4 is 0 Å². The van der Waals surface area contributed by atoms with Gasteiger partial charge in [0, 0.05) is 38.7 Å². The van der Waals surface area contributed by atoms with Crippen molar-refractivity contribution in [3.8, 4) is 11.4 Å². The first-order chi connectivity index (χ1) is 14.1. The summed E-state index contributed by atoms with van der Waals surface area (Å²) in [5.41, 5.74) is 3.73. The summed E-state index contributed by atoms with van der Waals surface area (Å²) in [4.78, 5) is 32.4. The van der Waals surface area contributed by atoms with Crippen LogP contribution in [0.25, 0.3) is 11.4 Å². The Morgan fingerprint density at radius 2 is 2.10 bits per heavy atom. The largest absolute Gasteiger partial charge is 0.342 e. The number of piperidine rings is 1. The molecule has 0 spiro atoms. The minimum absolute atomic E-state index is 0.174. The standard InChI is InChI=1S/C22H26N6O/c1-16-25-14-21(27(16)2)20-13-24-12-19(26-20)9-18-6-4-8-28(15-18)22(29)10-17-5-3-7-23-11-17/h3,5,7,11-14,18H,4,6,8-10,15H2,1-2H3/t18-/m0/s1. The molecule has 1 fully saturated rings. The Hall–Kier alpha value is -3.09. The molecular weight excluding hydrogens is 364 g/mol. The number of amides is 1. The van der Waals surface area contributed by atoms with Gasteiger partial charge in [-0.05, 0) is 43.7 Å². The Bertz CT molecular complexity index is 984. The summed E-state index contributed by atoms with van der Waals surface area (Å²) in [5, 5.41) is 0. The third kappa shape index (κ3) is 4.50. The number of aromatic nitrogens is 5. The molecule has 3 aromatic heterocycles. The molecule has 1 aliphatic heterocycles. The highest BCUT2D eigenvalue weighted by atomic mass is 16.2. The van der Waals surface area contributed by atoms with Gasteiger partial charge in [0.2, 0.25) is 5.91 Å². The van der Waals surface area contributed by atoms with Gasteiger partial charge in [-0.1, -0.05) is 6.07 Å². The molecule has 1 amide bonds. The number of likely N-dealkylation sites (tertiary alicyclic amines) is 1.